The third kappa shape index (κ3) is 6.05. The highest BCUT2D eigenvalue weighted by molar-refractivity contribution is 6.00. The lowest BCUT2D eigenvalue weighted by Gasteiger charge is -2.18. The molecule has 0 radical (unpaired) electrons. The number of alkyl carbamates (subject to hydrolysis) is 1. The van der Waals surface area contributed by atoms with Gasteiger partial charge in [0.15, 0.2) is 0 Å². The van der Waals surface area contributed by atoms with Gasteiger partial charge in [-0.25, -0.2) is 9.59 Å². The van der Waals surface area contributed by atoms with Crippen molar-refractivity contribution in [2.45, 2.75) is 31.2 Å². The van der Waals surface area contributed by atoms with Crippen LogP contribution in [0.2, 0.25) is 0 Å². The molecule has 7 rings (SSSR count). The third-order valence-electron chi connectivity index (χ3n) is 8.58. The maximum Gasteiger partial charge on any atom is 0.407 e. The molecule has 0 spiro atoms. The molecule has 6 aromatic rings. The largest absolute Gasteiger partial charge is 0.449 e. The molecule has 0 saturated heterocycles. The van der Waals surface area contributed by atoms with E-state index in [0.717, 1.165) is 26.9 Å². The first-order valence-corrected chi connectivity index (χ1v) is 15.7. The van der Waals surface area contributed by atoms with Crippen LogP contribution in [0.25, 0.3) is 33.1 Å². The highest BCUT2D eigenvalue weighted by Gasteiger charge is 2.29. The second-order valence-corrected chi connectivity index (χ2v) is 11.6. The summed E-state index contributed by atoms with van der Waals surface area (Å²) in [6.07, 6.45) is 0.638. The number of para-hydroxylation sites is 2. The Morgan fingerprint density at radius 1 is 0.854 bits per heavy atom. The molecule has 2 N–H and O–H groups in total. The van der Waals surface area contributed by atoms with Crippen LogP contribution in [0.3, 0.4) is 0 Å². The van der Waals surface area contributed by atoms with E-state index in [-0.39, 0.29) is 24.5 Å². The van der Waals surface area contributed by atoms with Gasteiger partial charge in [0.05, 0.1) is 5.52 Å². The highest BCUT2D eigenvalue weighted by atomic mass is 16.5. The fourth-order valence-electron chi connectivity index (χ4n) is 6.21. The molecule has 48 heavy (non-hydrogen) atoms. The Labute approximate surface area is 274 Å². The van der Waals surface area contributed by atoms with Crippen LogP contribution in [0.5, 0.6) is 0 Å². The number of aromatic nitrogens is 3. The van der Waals surface area contributed by atoms with Gasteiger partial charge in [-0.3, -0.25) is 9.59 Å². The summed E-state index contributed by atoms with van der Waals surface area (Å²) >= 11 is 0. The minimum atomic E-state index is -1.04. The summed E-state index contributed by atoms with van der Waals surface area (Å²) in [6.45, 7) is 0.503. The molecule has 1 aliphatic carbocycles. The first-order chi connectivity index (χ1) is 23.5. The van der Waals surface area contributed by atoms with Crippen molar-refractivity contribution in [1.82, 2.24) is 25.6 Å². The smallest absolute Gasteiger partial charge is 0.407 e. The molecule has 0 aliphatic heterocycles. The number of ether oxygens (including phenoxy) is 1. The van der Waals surface area contributed by atoms with Crippen molar-refractivity contribution in [1.29, 1.82) is 0 Å². The number of rotatable bonds is 10. The number of fused-ring (bicyclic) bond motifs is 5. The number of unbranched alkanes of at least 4 members (excludes halogenated alkanes) is 1. The minimum absolute atomic E-state index is 0.0450. The molecule has 0 saturated carbocycles. The molecule has 1 atom stereocenters. The number of nitrogens with zero attached hydrogens (tertiary/aromatic N) is 3. The molecule has 0 unspecified atom stereocenters. The van der Waals surface area contributed by atoms with Crippen LogP contribution in [0.15, 0.2) is 112 Å². The Balaban J connectivity index is 0.981. The molecule has 0 bridgehead atoms. The van der Waals surface area contributed by atoms with Gasteiger partial charge in [-0.05, 0) is 65.8 Å². The minimum Gasteiger partial charge on any atom is -0.449 e. The van der Waals surface area contributed by atoms with Gasteiger partial charge in [-0.1, -0.05) is 84.1 Å². The average Bonchev–Trinajstić information content (AvgIpc) is 3.69. The molecular weight excluding hydrogens is 610 g/mol. The van der Waals surface area contributed by atoms with Crippen molar-refractivity contribution >= 4 is 39.9 Å². The van der Waals surface area contributed by atoms with Crippen LogP contribution in [0.1, 0.15) is 51.5 Å². The predicted octanol–water partition coefficient (Wildman–Crippen LogP) is 5.69. The first kappa shape index (κ1) is 30.5. The Hall–Kier alpha value is -6.10. The third-order valence-corrected chi connectivity index (χ3v) is 8.58. The van der Waals surface area contributed by atoms with Crippen molar-refractivity contribution in [2.24, 2.45) is 0 Å². The number of amides is 2. The van der Waals surface area contributed by atoms with Gasteiger partial charge in [0.2, 0.25) is 0 Å². The van der Waals surface area contributed by atoms with E-state index >= 15 is 0 Å². The zero-order chi connectivity index (χ0) is 33.0. The van der Waals surface area contributed by atoms with Crippen LogP contribution in [-0.2, 0) is 4.74 Å². The van der Waals surface area contributed by atoms with Gasteiger partial charge in [0, 0.05) is 17.8 Å². The van der Waals surface area contributed by atoms with Gasteiger partial charge in [0.25, 0.3) is 11.8 Å². The quantitative estimate of drug-likeness (QED) is 0.143. The first-order valence-electron chi connectivity index (χ1n) is 15.7. The molecule has 11 nitrogen and oxygen atoms in total. The number of carbonyl (C=O) groups is 3. The molecule has 2 heterocycles. The lowest BCUT2D eigenvalue weighted by molar-refractivity contribution is 0.0786. The van der Waals surface area contributed by atoms with Gasteiger partial charge in [-0.2, -0.15) is 4.68 Å². The molecule has 240 valence electrons. The molecular formula is C37H31N5O6. The summed E-state index contributed by atoms with van der Waals surface area (Å²) in [5, 5.41) is 14.1. The maximum atomic E-state index is 13.7. The lowest BCUT2D eigenvalue weighted by atomic mass is 9.98. The zero-order valence-corrected chi connectivity index (χ0v) is 25.8. The number of hydrogen-bond acceptors (Lipinski definition) is 8. The number of hydrogen-bond donors (Lipinski definition) is 2. The fraction of sp³-hybridized carbons (Fsp3) is 0.189. The van der Waals surface area contributed by atoms with E-state index in [1.54, 1.807) is 48.5 Å². The van der Waals surface area contributed by atoms with Gasteiger partial charge in [0.1, 0.15) is 29.3 Å². The van der Waals surface area contributed by atoms with Crippen molar-refractivity contribution in [3.63, 3.8) is 0 Å². The van der Waals surface area contributed by atoms with E-state index in [1.807, 2.05) is 24.3 Å². The standard InChI is InChI=1S/C37H31N5O6/c43-34(28-21-23-11-1-8-19-33(23)48-36(28)45)39-31(35(44)42-32-18-7-6-16-30(32)40-41-42)17-9-10-20-38-37(46)47-22-29-26-14-4-2-12-24(26)25-13-3-5-15-27(25)29/h1-8,11-16,18-19,21,29,31H,9-10,17,20,22H2,(H,38,46)(H,39,43)/t31-/m0/s1. The number of benzene rings is 4. The summed E-state index contributed by atoms with van der Waals surface area (Å²) in [5.41, 5.74) is 4.91. The Bertz CT molecular complexity index is 2180. The van der Waals surface area contributed by atoms with Gasteiger partial charge in [-0.15, -0.1) is 5.10 Å². The van der Waals surface area contributed by atoms with Crippen LogP contribution >= 0.6 is 0 Å². The van der Waals surface area contributed by atoms with Crippen LogP contribution < -0.4 is 16.3 Å². The molecule has 0 fully saturated rings. The molecule has 4 aromatic carbocycles. The van der Waals surface area contributed by atoms with Crippen LogP contribution in [0, 0.1) is 0 Å². The summed E-state index contributed by atoms with van der Waals surface area (Å²) in [7, 11) is 0. The van der Waals surface area contributed by atoms with Crippen molar-refractivity contribution < 1.29 is 23.5 Å². The Kier molecular flexibility index (Phi) is 8.48. The fourth-order valence-corrected chi connectivity index (χ4v) is 6.21. The average molecular weight is 642 g/mol. The maximum absolute atomic E-state index is 13.7. The summed E-state index contributed by atoms with van der Waals surface area (Å²) in [5.74, 6) is -1.29. The van der Waals surface area contributed by atoms with Crippen molar-refractivity contribution in [2.75, 3.05) is 13.2 Å². The monoisotopic (exact) mass is 641 g/mol. The number of nitrogens with one attached hydrogen (secondary N) is 2. The van der Waals surface area contributed by atoms with Gasteiger partial charge < -0.3 is 19.8 Å². The van der Waals surface area contributed by atoms with Gasteiger partial charge >= 0.3 is 11.7 Å². The summed E-state index contributed by atoms with van der Waals surface area (Å²) < 4.78 is 12.1. The molecule has 2 aromatic heterocycles. The van der Waals surface area contributed by atoms with E-state index in [0.29, 0.717) is 41.4 Å². The number of carbonyl (C=O) groups excluding carboxylic acids is 3. The highest BCUT2D eigenvalue weighted by Crippen LogP contribution is 2.44. The molecule has 2 amide bonds. The van der Waals surface area contributed by atoms with E-state index < -0.39 is 29.6 Å². The zero-order valence-electron chi connectivity index (χ0n) is 25.8. The van der Waals surface area contributed by atoms with E-state index in [1.165, 1.54) is 6.07 Å². The second-order valence-electron chi connectivity index (χ2n) is 11.6. The molecule has 1 aliphatic rings. The van der Waals surface area contributed by atoms with E-state index in [2.05, 4.69) is 45.2 Å². The van der Waals surface area contributed by atoms with Crippen LogP contribution in [-0.4, -0.2) is 52.1 Å². The normalized spacial score (nSPS) is 12.8. The Morgan fingerprint density at radius 2 is 1.54 bits per heavy atom. The predicted molar refractivity (Wildman–Crippen MR) is 179 cm³/mol. The van der Waals surface area contributed by atoms with E-state index in [4.69, 9.17) is 9.15 Å². The topological polar surface area (TPSA) is 145 Å². The van der Waals surface area contributed by atoms with E-state index in [9.17, 15) is 19.2 Å². The van der Waals surface area contributed by atoms with Crippen molar-refractivity contribution in [3.05, 3.63) is 130 Å². The second kappa shape index (κ2) is 13.3. The summed E-state index contributed by atoms with van der Waals surface area (Å²) in [6, 6.07) is 30.5. The SMILES string of the molecule is O=C(NCCCC[C@H](NC(=O)c1cc2ccccc2oc1=O)C(=O)n1nnc2ccccc21)OCC1c2ccccc2-c2ccccc21. The summed E-state index contributed by atoms with van der Waals surface area (Å²) in [4.78, 5) is 52.3. The van der Waals surface area contributed by atoms with Crippen LogP contribution in [0.4, 0.5) is 4.79 Å². The molecule has 11 heteroatoms. The lowest BCUT2D eigenvalue weighted by Crippen LogP contribution is -2.44. The Morgan fingerprint density at radius 3 is 2.33 bits per heavy atom. The van der Waals surface area contributed by atoms with Crippen molar-refractivity contribution in [3.8, 4) is 11.1 Å².